The molecular formula is C26H26BrClN2O2. The Morgan fingerprint density at radius 3 is 2.25 bits per heavy atom. The van der Waals surface area contributed by atoms with Gasteiger partial charge in [-0.1, -0.05) is 88.2 Å². The Morgan fingerprint density at radius 2 is 1.59 bits per heavy atom. The highest BCUT2D eigenvalue weighted by Crippen LogP contribution is 2.21. The van der Waals surface area contributed by atoms with Gasteiger partial charge in [0, 0.05) is 29.0 Å². The van der Waals surface area contributed by atoms with E-state index in [1.165, 1.54) is 0 Å². The summed E-state index contributed by atoms with van der Waals surface area (Å²) in [6.45, 7) is 2.70. The summed E-state index contributed by atoms with van der Waals surface area (Å²) < 4.78 is 0.958. The van der Waals surface area contributed by atoms with Crippen molar-refractivity contribution >= 4 is 39.3 Å². The van der Waals surface area contributed by atoms with Crippen molar-refractivity contribution in [3.63, 3.8) is 0 Å². The van der Waals surface area contributed by atoms with Gasteiger partial charge in [0.25, 0.3) is 0 Å². The molecule has 0 radical (unpaired) electrons. The van der Waals surface area contributed by atoms with Crippen LogP contribution in [-0.4, -0.2) is 29.3 Å². The fourth-order valence-electron chi connectivity index (χ4n) is 3.54. The standard InChI is InChI=1S/C26H26BrClN2O2/c1-2-29-26(32)24(16-19-8-4-3-5-9-19)30(18-20-12-14-22(27)15-13-20)25(31)17-21-10-6-7-11-23(21)28/h3-15,24H,2,16-18H2,1H3,(H,29,32)/t24-/m0/s1. The summed E-state index contributed by atoms with van der Waals surface area (Å²) in [4.78, 5) is 28.3. The maximum absolute atomic E-state index is 13.6. The van der Waals surface area contributed by atoms with Crippen LogP contribution in [0.1, 0.15) is 23.6 Å². The molecule has 3 aromatic carbocycles. The highest BCUT2D eigenvalue weighted by Gasteiger charge is 2.30. The van der Waals surface area contributed by atoms with Crippen LogP contribution in [0.15, 0.2) is 83.3 Å². The van der Waals surface area contributed by atoms with Gasteiger partial charge in [0.05, 0.1) is 6.42 Å². The van der Waals surface area contributed by atoms with E-state index >= 15 is 0 Å². The molecule has 0 unspecified atom stereocenters. The van der Waals surface area contributed by atoms with Crippen LogP contribution in [0.25, 0.3) is 0 Å². The predicted molar refractivity (Wildman–Crippen MR) is 132 cm³/mol. The number of hydrogen-bond donors (Lipinski definition) is 1. The number of nitrogens with zero attached hydrogens (tertiary/aromatic N) is 1. The minimum Gasteiger partial charge on any atom is -0.355 e. The maximum atomic E-state index is 13.6. The lowest BCUT2D eigenvalue weighted by Crippen LogP contribution is -2.51. The van der Waals surface area contributed by atoms with Gasteiger partial charge < -0.3 is 10.2 Å². The SMILES string of the molecule is CCNC(=O)[C@H](Cc1ccccc1)N(Cc1ccc(Br)cc1)C(=O)Cc1ccccc1Cl. The molecule has 1 N–H and O–H groups in total. The highest BCUT2D eigenvalue weighted by molar-refractivity contribution is 9.10. The molecule has 2 amide bonds. The summed E-state index contributed by atoms with van der Waals surface area (Å²) >= 11 is 9.77. The number of rotatable bonds is 9. The molecule has 4 nitrogen and oxygen atoms in total. The fraction of sp³-hybridized carbons (Fsp3) is 0.231. The smallest absolute Gasteiger partial charge is 0.243 e. The molecule has 0 heterocycles. The number of amides is 2. The van der Waals surface area contributed by atoms with Gasteiger partial charge in [-0.15, -0.1) is 0 Å². The zero-order valence-corrected chi connectivity index (χ0v) is 20.3. The van der Waals surface area contributed by atoms with E-state index in [0.29, 0.717) is 24.5 Å². The first kappa shape index (κ1) is 24.0. The third-order valence-corrected chi connectivity index (χ3v) is 6.09. The van der Waals surface area contributed by atoms with Gasteiger partial charge in [-0.2, -0.15) is 0 Å². The van der Waals surface area contributed by atoms with Crippen molar-refractivity contribution in [3.8, 4) is 0 Å². The van der Waals surface area contributed by atoms with Gasteiger partial charge in [-0.05, 0) is 41.8 Å². The van der Waals surface area contributed by atoms with Crippen molar-refractivity contribution in [1.82, 2.24) is 10.2 Å². The first-order chi connectivity index (χ1) is 15.5. The number of halogens is 2. The molecule has 0 aliphatic heterocycles. The van der Waals surface area contributed by atoms with Gasteiger partial charge in [0.15, 0.2) is 0 Å². The third-order valence-electron chi connectivity index (χ3n) is 5.19. The van der Waals surface area contributed by atoms with E-state index in [2.05, 4.69) is 21.2 Å². The van der Waals surface area contributed by atoms with Crippen LogP contribution in [0.3, 0.4) is 0 Å². The van der Waals surface area contributed by atoms with Gasteiger partial charge >= 0.3 is 0 Å². The van der Waals surface area contributed by atoms with Crippen molar-refractivity contribution in [2.24, 2.45) is 0 Å². The molecule has 32 heavy (non-hydrogen) atoms. The molecule has 3 aromatic rings. The van der Waals surface area contributed by atoms with Gasteiger partial charge in [-0.25, -0.2) is 0 Å². The Balaban J connectivity index is 1.95. The zero-order valence-electron chi connectivity index (χ0n) is 17.9. The van der Waals surface area contributed by atoms with E-state index in [9.17, 15) is 9.59 Å². The van der Waals surface area contributed by atoms with Crippen molar-refractivity contribution in [2.75, 3.05) is 6.54 Å². The first-order valence-electron chi connectivity index (χ1n) is 10.6. The normalized spacial score (nSPS) is 11.6. The van der Waals surface area contributed by atoms with E-state index < -0.39 is 6.04 Å². The number of nitrogens with one attached hydrogen (secondary N) is 1. The minimum absolute atomic E-state index is 0.126. The molecule has 166 valence electrons. The molecule has 3 rings (SSSR count). The monoisotopic (exact) mass is 512 g/mol. The minimum atomic E-state index is -0.643. The molecule has 0 aliphatic carbocycles. The summed E-state index contributed by atoms with van der Waals surface area (Å²) in [6, 6.07) is 24.2. The summed E-state index contributed by atoms with van der Waals surface area (Å²) in [5.41, 5.74) is 2.69. The van der Waals surface area contributed by atoms with Crippen molar-refractivity contribution in [3.05, 3.63) is 105 Å². The third kappa shape index (κ3) is 6.68. The van der Waals surface area contributed by atoms with Gasteiger partial charge in [0.1, 0.15) is 6.04 Å². The van der Waals surface area contributed by atoms with E-state index in [-0.39, 0.29) is 18.2 Å². The van der Waals surface area contributed by atoms with Crippen LogP contribution >= 0.6 is 27.5 Å². The van der Waals surface area contributed by atoms with E-state index in [1.807, 2.05) is 79.7 Å². The van der Waals surface area contributed by atoms with Crippen LogP contribution in [0.4, 0.5) is 0 Å². The lowest BCUT2D eigenvalue weighted by Gasteiger charge is -2.31. The lowest BCUT2D eigenvalue weighted by atomic mass is 10.0. The Hall–Kier alpha value is -2.63. The fourth-order valence-corrected chi connectivity index (χ4v) is 4.01. The summed E-state index contributed by atoms with van der Waals surface area (Å²) in [5.74, 6) is -0.311. The maximum Gasteiger partial charge on any atom is 0.243 e. The first-order valence-corrected chi connectivity index (χ1v) is 11.7. The largest absolute Gasteiger partial charge is 0.355 e. The Kier molecular flexibility index (Phi) is 8.89. The average Bonchev–Trinajstić information content (AvgIpc) is 2.79. The Bertz CT molecular complexity index is 1040. The highest BCUT2D eigenvalue weighted by atomic mass is 79.9. The van der Waals surface area contributed by atoms with Crippen LogP contribution < -0.4 is 5.32 Å². The van der Waals surface area contributed by atoms with Gasteiger partial charge in [-0.3, -0.25) is 9.59 Å². The Labute approximate surface area is 202 Å². The van der Waals surface area contributed by atoms with Crippen LogP contribution in [-0.2, 0) is 29.0 Å². The molecule has 0 aliphatic rings. The number of carbonyl (C=O) groups excluding carboxylic acids is 2. The summed E-state index contributed by atoms with van der Waals surface area (Å²) in [5, 5.41) is 3.45. The van der Waals surface area contributed by atoms with E-state index in [0.717, 1.165) is 21.2 Å². The van der Waals surface area contributed by atoms with Crippen LogP contribution in [0, 0.1) is 0 Å². The second kappa shape index (κ2) is 11.8. The van der Waals surface area contributed by atoms with Crippen molar-refractivity contribution in [1.29, 1.82) is 0 Å². The van der Waals surface area contributed by atoms with Crippen molar-refractivity contribution in [2.45, 2.75) is 32.4 Å². The molecular weight excluding hydrogens is 488 g/mol. The molecule has 0 bridgehead atoms. The number of likely N-dealkylation sites (N-methyl/N-ethyl adjacent to an activating group) is 1. The zero-order chi connectivity index (χ0) is 22.9. The second-order valence-corrected chi connectivity index (χ2v) is 8.84. The molecule has 0 spiro atoms. The molecule has 0 fully saturated rings. The van der Waals surface area contributed by atoms with Crippen LogP contribution in [0.5, 0.6) is 0 Å². The molecule has 1 atom stereocenters. The molecule has 0 aromatic heterocycles. The quantitative estimate of drug-likeness (QED) is 0.415. The number of hydrogen-bond acceptors (Lipinski definition) is 2. The summed E-state index contributed by atoms with van der Waals surface area (Å²) in [6.07, 6.45) is 0.554. The molecule has 0 saturated heterocycles. The van der Waals surface area contributed by atoms with Crippen molar-refractivity contribution < 1.29 is 9.59 Å². The second-order valence-electron chi connectivity index (χ2n) is 7.52. The van der Waals surface area contributed by atoms with E-state index in [4.69, 9.17) is 11.6 Å². The van der Waals surface area contributed by atoms with E-state index in [1.54, 1.807) is 11.0 Å². The predicted octanol–water partition coefficient (Wildman–Crippen LogP) is 5.42. The number of carbonyl (C=O) groups is 2. The van der Waals surface area contributed by atoms with Crippen LogP contribution in [0.2, 0.25) is 5.02 Å². The topological polar surface area (TPSA) is 49.4 Å². The van der Waals surface area contributed by atoms with Gasteiger partial charge in [0.2, 0.25) is 11.8 Å². The Morgan fingerprint density at radius 1 is 0.938 bits per heavy atom. The summed E-state index contributed by atoms with van der Waals surface area (Å²) in [7, 11) is 0. The number of benzene rings is 3. The lowest BCUT2D eigenvalue weighted by molar-refractivity contribution is -0.140. The molecule has 6 heteroatoms. The average molecular weight is 514 g/mol. The molecule has 0 saturated carbocycles.